The van der Waals surface area contributed by atoms with Gasteiger partial charge in [-0.1, -0.05) is 227 Å². The second-order valence-electron chi connectivity index (χ2n) is 17.5. The standard InChI is InChI=1S/C49H94O6/c1-6-8-9-10-22-29-34-39-47(50)53-42-46(43-54-48(51)40-35-30-25-21-17-18-23-27-32-37-44(3)4)55-49(52)41-36-31-26-20-16-14-12-11-13-15-19-24-28-33-38-45(5)7-2/h44-46H,6-43H2,1-5H3/t45?,46-/m0/s1. The Hall–Kier alpha value is -1.59. The molecule has 0 aromatic carbocycles. The van der Waals surface area contributed by atoms with Crippen LogP contribution in [0.1, 0.15) is 266 Å². The van der Waals surface area contributed by atoms with Crippen LogP contribution in [0.15, 0.2) is 0 Å². The van der Waals surface area contributed by atoms with Crippen molar-refractivity contribution in [3.8, 4) is 0 Å². The number of esters is 3. The molecule has 0 amide bonds. The van der Waals surface area contributed by atoms with Gasteiger partial charge in [-0.15, -0.1) is 0 Å². The van der Waals surface area contributed by atoms with E-state index in [0.29, 0.717) is 19.3 Å². The highest BCUT2D eigenvalue weighted by Gasteiger charge is 2.19. The predicted molar refractivity (Wildman–Crippen MR) is 233 cm³/mol. The Morgan fingerprint density at radius 1 is 0.382 bits per heavy atom. The Kier molecular flexibility index (Phi) is 40.8. The fraction of sp³-hybridized carbons (Fsp3) is 0.939. The molecule has 0 radical (unpaired) electrons. The highest BCUT2D eigenvalue weighted by molar-refractivity contribution is 5.71. The van der Waals surface area contributed by atoms with Crippen molar-refractivity contribution in [1.82, 2.24) is 0 Å². The molecule has 0 N–H and O–H groups in total. The largest absolute Gasteiger partial charge is 0.462 e. The lowest BCUT2D eigenvalue weighted by molar-refractivity contribution is -0.167. The van der Waals surface area contributed by atoms with Crippen molar-refractivity contribution in [2.24, 2.45) is 11.8 Å². The molecule has 55 heavy (non-hydrogen) atoms. The molecule has 0 aliphatic carbocycles. The van der Waals surface area contributed by atoms with Crippen molar-refractivity contribution in [3.63, 3.8) is 0 Å². The van der Waals surface area contributed by atoms with Crippen molar-refractivity contribution in [1.29, 1.82) is 0 Å². The van der Waals surface area contributed by atoms with E-state index < -0.39 is 6.10 Å². The van der Waals surface area contributed by atoms with Gasteiger partial charge in [-0.25, -0.2) is 0 Å². The van der Waals surface area contributed by atoms with Crippen molar-refractivity contribution in [2.75, 3.05) is 13.2 Å². The number of rotatable bonds is 43. The molecule has 0 rings (SSSR count). The van der Waals surface area contributed by atoms with Gasteiger partial charge in [-0.3, -0.25) is 14.4 Å². The molecule has 0 heterocycles. The highest BCUT2D eigenvalue weighted by Crippen LogP contribution is 2.17. The molecule has 0 bridgehead atoms. The van der Waals surface area contributed by atoms with Gasteiger partial charge in [0.05, 0.1) is 0 Å². The molecule has 2 atom stereocenters. The maximum absolute atomic E-state index is 12.7. The van der Waals surface area contributed by atoms with Crippen LogP contribution in [-0.2, 0) is 28.6 Å². The summed E-state index contributed by atoms with van der Waals surface area (Å²) < 4.78 is 16.7. The number of carbonyl (C=O) groups is 3. The van der Waals surface area contributed by atoms with Crippen LogP contribution in [0.3, 0.4) is 0 Å². The molecule has 0 aromatic rings. The summed E-state index contributed by atoms with van der Waals surface area (Å²) in [6.07, 6.45) is 41.0. The zero-order valence-electron chi connectivity index (χ0n) is 37.6. The van der Waals surface area contributed by atoms with Gasteiger partial charge in [-0.05, 0) is 31.1 Å². The van der Waals surface area contributed by atoms with E-state index in [1.165, 1.54) is 154 Å². The molecule has 0 aliphatic heterocycles. The average molecular weight is 779 g/mol. The Morgan fingerprint density at radius 2 is 0.691 bits per heavy atom. The Balaban J connectivity index is 4.22. The number of hydrogen-bond acceptors (Lipinski definition) is 6. The Bertz CT molecular complexity index is 841. The number of hydrogen-bond donors (Lipinski definition) is 0. The predicted octanol–water partition coefficient (Wildman–Crippen LogP) is 15.4. The van der Waals surface area contributed by atoms with Crippen LogP contribution >= 0.6 is 0 Å². The van der Waals surface area contributed by atoms with Crippen LogP contribution in [0, 0.1) is 11.8 Å². The van der Waals surface area contributed by atoms with Crippen molar-refractivity contribution >= 4 is 17.9 Å². The third-order valence-electron chi connectivity index (χ3n) is 11.3. The topological polar surface area (TPSA) is 78.9 Å². The van der Waals surface area contributed by atoms with Crippen LogP contribution in [-0.4, -0.2) is 37.2 Å². The lowest BCUT2D eigenvalue weighted by atomic mass is 9.99. The quantitative estimate of drug-likeness (QED) is 0.0348. The van der Waals surface area contributed by atoms with E-state index in [4.69, 9.17) is 14.2 Å². The van der Waals surface area contributed by atoms with Gasteiger partial charge >= 0.3 is 17.9 Å². The first-order valence-electron chi connectivity index (χ1n) is 24.3. The molecule has 0 saturated carbocycles. The van der Waals surface area contributed by atoms with Crippen molar-refractivity contribution in [2.45, 2.75) is 272 Å². The molecule has 1 unspecified atom stereocenters. The van der Waals surface area contributed by atoms with E-state index in [-0.39, 0.29) is 31.1 Å². The third kappa shape index (κ3) is 41.9. The minimum atomic E-state index is -0.760. The number of unbranched alkanes of at least 4 members (excludes halogenated alkanes) is 27. The molecule has 0 spiro atoms. The van der Waals surface area contributed by atoms with Gasteiger partial charge in [0.15, 0.2) is 6.10 Å². The Labute approximate surface area is 342 Å². The van der Waals surface area contributed by atoms with E-state index in [1.807, 2.05) is 0 Å². The van der Waals surface area contributed by atoms with Crippen LogP contribution < -0.4 is 0 Å². The number of carbonyl (C=O) groups excluding carboxylic acids is 3. The minimum absolute atomic E-state index is 0.0650. The summed E-state index contributed by atoms with van der Waals surface area (Å²) >= 11 is 0. The van der Waals surface area contributed by atoms with Crippen molar-refractivity contribution < 1.29 is 28.6 Å². The second kappa shape index (κ2) is 42.0. The van der Waals surface area contributed by atoms with Crippen molar-refractivity contribution in [3.05, 3.63) is 0 Å². The molecule has 6 nitrogen and oxygen atoms in total. The van der Waals surface area contributed by atoms with Gasteiger partial charge in [-0.2, -0.15) is 0 Å². The molecule has 0 aliphatic rings. The molecule has 326 valence electrons. The van der Waals surface area contributed by atoms with Gasteiger partial charge in [0.25, 0.3) is 0 Å². The van der Waals surface area contributed by atoms with Crippen LogP contribution in [0.2, 0.25) is 0 Å². The molecular weight excluding hydrogens is 685 g/mol. The summed E-state index contributed by atoms with van der Waals surface area (Å²) in [6.45, 7) is 11.3. The lowest BCUT2D eigenvalue weighted by Crippen LogP contribution is -2.30. The summed E-state index contributed by atoms with van der Waals surface area (Å²) in [6, 6.07) is 0. The Morgan fingerprint density at radius 3 is 1.04 bits per heavy atom. The fourth-order valence-electron chi connectivity index (χ4n) is 7.25. The summed E-state index contributed by atoms with van der Waals surface area (Å²) in [5, 5.41) is 0. The zero-order valence-corrected chi connectivity index (χ0v) is 37.6. The van der Waals surface area contributed by atoms with Crippen LogP contribution in [0.4, 0.5) is 0 Å². The van der Waals surface area contributed by atoms with E-state index in [0.717, 1.165) is 69.6 Å². The zero-order chi connectivity index (χ0) is 40.5. The molecule has 6 heteroatoms. The fourth-order valence-corrected chi connectivity index (χ4v) is 7.25. The maximum atomic E-state index is 12.7. The van der Waals surface area contributed by atoms with Gasteiger partial charge < -0.3 is 14.2 Å². The summed E-state index contributed by atoms with van der Waals surface area (Å²) in [5.74, 6) is 0.843. The smallest absolute Gasteiger partial charge is 0.306 e. The van der Waals surface area contributed by atoms with Gasteiger partial charge in [0.2, 0.25) is 0 Å². The van der Waals surface area contributed by atoms with E-state index >= 15 is 0 Å². The monoisotopic (exact) mass is 779 g/mol. The lowest BCUT2D eigenvalue weighted by Gasteiger charge is -2.18. The molecule has 0 fully saturated rings. The summed E-state index contributed by atoms with van der Waals surface area (Å²) in [5.41, 5.74) is 0. The first-order chi connectivity index (χ1) is 26.8. The maximum Gasteiger partial charge on any atom is 0.306 e. The SMILES string of the molecule is CCCCCCCCCC(=O)OC[C@@H](COC(=O)CCCCCCCCCCCC(C)C)OC(=O)CCCCCCCCCCCCCCCCC(C)CC. The van der Waals surface area contributed by atoms with E-state index in [1.54, 1.807) is 0 Å². The average Bonchev–Trinajstić information content (AvgIpc) is 3.17. The normalized spacial score (nSPS) is 12.5. The molecule has 0 aromatic heterocycles. The first-order valence-corrected chi connectivity index (χ1v) is 24.3. The van der Waals surface area contributed by atoms with Gasteiger partial charge in [0.1, 0.15) is 13.2 Å². The van der Waals surface area contributed by atoms with E-state index in [2.05, 4.69) is 34.6 Å². The third-order valence-corrected chi connectivity index (χ3v) is 11.3. The highest BCUT2D eigenvalue weighted by atomic mass is 16.6. The molecular formula is C49H94O6. The van der Waals surface area contributed by atoms with Gasteiger partial charge in [0, 0.05) is 19.3 Å². The summed E-state index contributed by atoms with van der Waals surface area (Å²) in [4.78, 5) is 37.7. The number of ether oxygens (including phenoxy) is 3. The first kappa shape index (κ1) is 53.4. The second-order valence-corrected chi connectivity index (χ2v) is 17.5. The van der Waals surface area contributed by atoms with Crippen LogP contribution in [0.25, 0.3) is 0 Å². The summed E-state index contributed by atoms with van der Waals surface area (Å²) in [7, 11) is 0. The van der Waals surface area contributed by atoms with Crippen LogP contribution in [0.5, 0.6) is 0 Å². The minimum Gasteiger partial charge on any atom is -0.462 e. The van der Waals surface area contributed by atoms with E-state index in [9.17, 15) is 14.4 Å². The molecule has 0 saturated heterocycles.